The first kappa shape index (κ1) is 9.46. The van der Waals surface area contributed by atoms with Gasteiger partial charge in [-0.2, -0.15) is 5.10 Å². The molecule has 14 heavy (non-hydrogen) atoms. The van der Waals surface area contributed by atoms with Crippen LogP contribution in [0.1, 0.15) is 19.9 Å². The minimum absolute atomic E-state index is 0.134. The number of hydrogen-bond acceptors (Lipinski definition) is 1. The number of rotatable bonds is 1. The summed E-state index contributed by atoms with van der Waals surface area (Å²) in [5.74, 6) is -0.320. The van der Waals surface area contributed by atoms with Crippen molar-refractivity contribution < 1.29 is 4.39 Å². The van der Waals surface area contributed by atoms with Gasteiger partial charge in [-0.15, -0.1) is 0 Å². The highest BCUT2D eigenvalue weighted by Gasteiger charge is 2.14. The summed E-state index contributed by atoms with van der Waals surface area (Å²) in [6.07, 6.45) is 0. The van der Waals surface area contributed by atoms with E-state index in [9.17, 15) is 4.39 Å². The summed E-state index contributed by atoms with van der Waals surface area (Å²) < 4.78 is 15.0. The van der Waals surface area contributed by atoms with Gasteiger partial charge in [0.1, 0.15) is 11.0 Å². The van der Waals surface area contributed by atoms with Crippen LogP contribution in [-0.2, 0) is 0 Å². The van der Waals surface area contributed by atoms with Crippen molar-refractivity contribution in [3.63, 3.8) is 0 Å². The molecule has 1 heterocycles. The van der Waals surface area contributed by atoms with E-state index in [1.807, 2.05) is 13.8 Å². The van der Waals surface area contributed by atoms with Gasteiger partial charge in [0, 0.05) is 6.04 Å². The summed E-state index contributed by atoms with van der Waals surface area (Å²) in [6, 6.07) is 4.91. The van der Waals surface area contributed by atoms with Crippen molar-refractivity contribution in [2.75, 3.05) is 0 Å². The maximum absolute atomic E-state index is 13.4. The standard InChI is InChI=1S/C10H10ClFN2/c1-6(2)14-10(11)9-7(12)4-3-5-8(9)13-14/h3-6H,1-2H3. The molecular weight excluding hydrogens is 203 g/mol. The summed E-state index contributed by atoms with van der Waals surface area (Å²) in [5, 5.41) is 4.99. The summed E-state index contributed by atoms with van der Waals surface area (Å²) in [4.78, 5) is 0. The van der Waals surface area contributed by atoms with E-state index >= 15 is 0 Å². The predicted molar refractivity (Wildman–Crippen MR) is 55.1 cm³/mol. The lowest BCUT2D eigenvalue weighted by Gasteiger charge is -2.05. The molecule has 2 rings (SSSR count). The van der Waals surface area contributed by atoms with Crippen molar-refractivity contribution in [1.82, 2.24) is 9.78 Å². The van der Waals surface area contributed by atoms with Crippen LogP contribution in [0.4, 0.5) is 4.39 Å². The minimum Gasteiger partial charge on any atom is -0.250 e. The van der Waals surface area contributed by atoms with Crippen LogP contribution in [0.2, 0.25) is 5.15 Å². The topological polar surface area (TPSA) is 17.8 Å². The number of halogens is 2. The highest BCUT2D eigenvalue weighted by molar-refractivity contribution is 6.34. The van der Waals surface area contributed by atoms with Gasteiger partial charge in [0.25, 0.3) is 0 Å². The Hall–Kier alpha value is -1.09. The number of fused-ring (bicyclic) bond motifs is 1. The summed E-state index contributed by atoms with van der Waals surface area (Å²) in [6.45, 7) is 3.91. The Labute approximate surface area is 86.3 Å². The number of aromatic nitrogens is 2. The third-order valence-electron chi connectivity index (χ3n) is 2.10. The Morgan fingerprint density at radius 1 is 1.43 bits per heavy atom. The average Bonchev–Trinajstić information content (AvgIpc) is 2.45. The van der Waals surface area contributed by atoms with E-state index in [1.54, 1.807) is 16.8 Å². The Bertz CT molecular complexity index is 476. The second-order valence-electron chi connectivity index (χ2n) is 3.46. The van der Waals surface area contributed by atoms with Crippen LogP contribution in [0.5, 0.6) is 0 Å². The van der Waals surface area contributed by atoms with Crippen LogP contribution in [0.15, 0.2) is 18.2 Å². The molecular formula is C10H10ClFN2. The zero-order valence-electron chi connectivity index (χ0n) is 7.96. The fourth-order valence-electron chi connectivity index (χ4n) is 1.42. The molecule has 0 fully saturated rings. The Morgan fingerprint density at radius 3 is 2.71 bits per heavy atom. The maximum atomic E-state index is 13.4. The van der Waals surface area contributed by atoms with Crippen LogP contribution in [-0.4, -0.2) is 9.78 Å². The Balaban J connectivity index is 2.81. The highest BCUT2D eigenvalue weighted by Crippen LogP contribution is 2.27. The average molecular weight is 213 g/mol. The van der Waals surface area contributed by atoms with Crippen LogP contribution < -0.4 is 0 Å². The molecule has 1 aromatic heterocycles. The molecule has 0 aliphatic heterocycles. The van der Waals surface area contributed by atoms with Gasteiger partial charge in [-0.1, -0.05) is 17.7 Å². The molecule has 74 valence electrons. The van der Waals surface area contributed by atoms with Gasteiger partial charge in [0.2, 0.25) is 0 Å². The molecule has 0 N–H and O–H groups in total. The molecule has 0 bridgehead atoms. The number of benzene rings is 1. The van der Waals surface area contributed by atoms with Crippen LogP contribution >= 0.6 is 11.6 Å². The molecule has 0 radical (unpaired) electrons. The zero-order valence-corrected chi connectivity index (χ0v) is 8.72. The first-order valence-electron chi connectivity index (χ1n) is 4.43. The van der Waals surface area contributed by atoms with Gasteiger partial charge in [-0.25, -0.2) is 4.39 Å². The molecule has 2 aromatic rings. The van der Waals surface area contributed by atoms with Gasteiger partial charge in [0.05, 0.1) is 10.9 Å². The van der Waals surface area contributed by atoms with Crippen LogP contribution in [0, 0.1) is 5.82 Å². The van der Waals surface area contributed by atoms with Gasteiger partial charge in [0.15, 0.2) is 0 Å². The van der Waals surface area contributed by atoms with E-state index < -0.39 is 0 Å². The highest BCUT2D eigenvalue weighted by atomic mass is 35.5. The molecule has 1 aromatic carbocycles. The monoisotopic (exact) mass is 212 g/mol. The van der Waals surface area contributed by atoms with Crippen molar-refractivity contribution in [3.05, 3.63) is 29.2 Å². The fraction of sp³-hybridized carbons (Fsp3) is 0.300. The first-order valence-corrected chi connectivity index (χ1v) is 4.81. The second kappa shape index (κ2) is 3.24. The largest absolute Gasteiger partial charge is 0.250 e. The molecule has 0 amide bonds. The summed E-state index contributed by atoms with van der Waals surface area (Å²) in [5.41, 5.74) is 0.601. The van der Waals surface area contributed by atoms with Crippen LogP contribution in [0.3, 0.4) is 0 Å². The lowest BCUT2D eigenvalue weighted by molar-refractivity contribution is 0.538. The van der Waals surface area contributed by atoms with Gasteiger partial charge < -0.3 is 0 Å². The summed E-state index contributed by atoms with van der Waals surface area (Å²) in [7, 11) is 0. The molecule has 4 heteroatoms. The molecule has 0 atom stereocenters. The van der Waals surface area contributed by atoms with Crippen molar-refractivity contribution >= 4 is 22.5 Å². The lowest BCUT2D eigenvalue weighted by Crippen LogP contribution is -2.02. The molecule has 0 aliphatic carbocycles. The van der Waals surface area contributed by atoms with Gasteiger partial charge in [-0.3, -0.25) is 4.68 Å². The second-order valence-corrected chi connectivity index (χ2v) is 3.82. The van der Waals surface area contributed by atoms with E-state index in [0.717, 1.165) is 0 Å². The normalized spacial score (nSPS) is 11.5. The quantitative estimate of drug-likeness (QED) is 0.709. The van der Waals surface area contributed by atoms with Crippen molar-refractivity contribution in [2.45, 2.75) is 19.9 Å². The van der Waals surface area contributed by atoms with E-state index in [4.69, 9.17) is 11.6 Å². The van der Waals surface area contributed by atoms with Crippen molar-refractivity contribution in [1.29, 1.82) is 0 Å². The van der Waals surface area contributed by atoms with E-state index in [0.29, 0.717) is 16.1 Å². The van der Waals surface area contributed by atoms with Crippen molar-refractivity contribution in [2.24, 2.45) is 0 Å². The SMILES string of the molecule is CC(C)n1nc2cccc(F)c2c1Cl. The Kier molecular flexibility index (Phi) is 2.19. The van der Waals surface area contributed by atoms with Crippen LogP contribution in [0.25, 0.3) is 10.9 Å². The maximum Gasteiger partial charge on any atom is 0.138 e. The van der Waals surface area contributed by atoms with E-state index in [2.05, 4.69) is 5.10 Å². The smallest absolute Gasteiger partial charge is 0.138 e. The molecule has 0 saturated carbocycles. The minimum atomic E-state index is -0.320. The zero-order chi connectivity index (χ0) is 10.3. The number of hydrogen-bond donors (Lipinski definition) is 0. The molecule has 0 spiro atoms. The van der Waals surface area contributed by atoms with E-state index in [-0.39, 0.29) is 11.9 Å². The number of nitrogens with zero attached hydrogens (tertiary/aromatic N) is 2. The molecule has 0 unspecified atom stereocenters. The molecule has 0 saturated heterocycles. The van der Waals surface area contributed by atoms with Crippen molar-refractivity contribution in [3.8, 4) is 0 Å². The van der Waals surface area contributed by atoms with Gasteiger partial charge >= 0.3 is 0 Å². The van der Waals surface area contributed by atoms with Gasteiger partial charge in [-0.05, 0) is 26.0 Å². The third kappa shape index (κ3) is 1.28. The van der Waals surface area contributed by atoms with E-state index in [1.165, 1.54) is 6.07 Å². The lowest BCUT2D eigenvalue weighted by atomic mass is 10.2. The molecule has 0 aliphatic rings. The first-order chi connectivity index (χ1) is 6.61. The summed E-state index contributed by atoms with van der Waals surface area (Å²) >= 11 is 6.02. The Morgan fingerprint density at radius 2 is 2.14 bits per heavy atom. The molecule has 2 nitrogen and oxygen atoms in total. The predicted octanol–water partition coefficient (Wildman–Crippen LogP) is 3.41. The third-order valence-corrected chi connectivity index (χ3v) is 2.47. The fourth-order valence-corrected chi connectivity index (χ4v) is 1.84.